The third kappa shape index (κ3) is 0.905. The lowest BCUT2D eigenvalue weighted by atomic mass is 10.1. The molecule has 0 bridgehead atoms. The molecule has 0 radical (unpaired) electrons. The van der Waals surface area contributed by atoms with Gasteiger partial charge in [-0.2, -0.15) is 0 Å². The van der Waals surface area contributed by atoms with Gasteiger partial charge in [0.05, 0.1) is 6.61 Å². The Morgan fingerprint density at radius 3 is 2.73 bits per heavy atom. The van der Waals surface area contributed by atoms with Gasteiger partial charge in [0.2, 0.25) is 0 Å². The van der Waals surface area contributed by atoms with Crippen molar-refractivity contribution in [3.8, 4) is 0 Å². The molecule has 0 N–H and O–H groups in total. The summed E-state index contributed by atoms with van der Waals surface area (Å²) in [6.07, 6.45) is 3.27. The average molecular weight is 155 g/mol. The van der Waals surface area contributed by atoms with E-state index in [1.165, 1.54) is 12.8 Å². The summed E-state index contributed by atoms with van der Waals surface area (Å²) in [6.45, 7) is 3.42. The number of ether oxygens (including phenoxy) is 1. The monoisotopic (exact) mass is 155 g/mol. The van der Waals surface area contributed by atoms with E-state index >= 15 is 0 Å². The molecular weight excluding hydrogens is 142 g/mol. The largest absolute Gasteiger partial charge is 0.449 e. The number of hydrogen-bond acceptors (Lipinski definition) is 2. The molecule has 11 heavy (non-hydrogen) atoms. The Kier molecular flexibility index (Phi) is 1.34. The molecule has 0 atom stereocenters. The number of cyclic esters (lactones) is 1. The van der Waals surface area contributed by atoms with E-state index in [0.29, 0.717) is 6.61 Å². The van der Waals surface area contributed by atoms with Gasteiger partial charge in [-0.15, -0.1) is 0 Å². The Hall–Kier alpha value is -0.730. The van der Waals surface area contributed by atoms with Crippen molar-refractivity contribution in [2.45, 2.75) is 31.7 Å². The first-order valence-electron chi connectivity index (χ1n) is 4.23. The first-order valence-corrected chi connectivity index (χ1v) is 4.23. The second-order valence-corrected chi connectivity index (χ2v) is 3.33. The zero-order valence-electron chi connectivity index (χ0n) is 6.80. The van der Waals surface area contributed by atoms with Crippen LogP contribution in [0.25, 0.3) is 0 Å². The SMILES string of the molecule is CCN1C(=O)OCCC12CC2. The maximum atomic E-state index is 11.2. The van der Waals surface area contributed by atoms with Gasteiger partial charge in [-0.1, -0.05) is 0 Å². The zero-order chi connectivity index (χ0) is 7.90. The molecule has 0 aromatic heterocycles. The lowest BCUT2D eigenvalue weighted by molar-refractivity contribution is 0.0381. The van der Waals surface area contributed by atoms with Crippen molar-refractivity contribution < 1.29 is 9.53 Å². The van der Waals surface area contributed by atoms with Gasteiger partial charge in [-0.05, 0) is 19.8 Å². The Labute approximate surface area is 66.3 Å². The van der Waals surface area contributed by atoms with Crippen molar-refractivity contribution in [3.63, 3.8) is 0 Å². The van der Waals surface area contributed by atoms with Crippen LogP contribution in [-0.4, -0.2) is 29.7 Å². The second kappa shape index (κ2) is 2.13. The fraction of sp³-hybridized carbons (Fsp3) is 0.875. The Balaban J connectivity index is 2.14. The van der Waals surface area contributed by atoms with E-state index in [0.717, 1.165) is 13.0 Å². The van der Waals surface area contributed by atoms with Crippen molar-refractivity contribution in [1.82, 2.24) is 4.90 Å². The van der Waals surface area contributed by atoms with Crippen molar-refractivity contribution >= 4 is 6.09 Å². The van der Waals surface area contributed by atoms with Crippen molar-refractivity contribution in [2.24, 2.45) is 0 Å². The summed E-state index contributed by atoms with van der Waals surface area (Å²) in [6, 6.07) is 0. The average Bonchev–Trinajstić information content (AvgIpc) is 2.70. The van der Waals surface area contributed by atoms with Crippen LogP contribution in [0, 0.1) is 0 Å². The second-order valence-electron chi connectivity index (χ2n) is 3.33. The molecule has 0 aromatic rings. The standard InChI is InChI=1S/C8H13NO2/c1-2-9-7(10)11-6-5-8(9)3-4-8/h2-6H2,1H3. The van der Waals surface area contributed by atoms with E-state index in [1.807, 2.05) is 11.8 Å². The minimum atomic E-state index is -0.115. The van der Waals surface area contributed by atoms with Crippen molar-refractivity contribution in [3.05, 3.63) is 0 Å². The molecule has 1 amide bonds. The lowest BCUT2D eigenvalue weighted by Gasteiger charge is -2.34. The number of nitrogens with zero attached hydrogens (tertiary/aromatic N) is 1. The first kappa shape index (κ1) is 6.95. The number of amides is 1. The maximum absolute atomic E-state index is 11.2. The van der Waals surface area contributed by atoms with Crippen LogP contribution in [0.5, 0.6) is 0 Å². The van der Waals surface area contributed by atoms with Crippen molar-refractivity contribution in [2.75, 3.05) is 13.2 Å². The highest BCUT2D eigenvalue weighted by atomic mass is 16.6. The highest BCUT2D eigenvalue weighted by Crippen LogP contribution is 2.46. The van der Waals surface area contributed by atoms with Gasteiger partial charge in [-0.3, -0.25) is 0 Å². The van der Waals surface area contributed by atoms with Crippen LogP contribution < -0.4 is 0 Å². The van der Waals surface area contributed by atoms with Crippen LogP contribution in [0.1, 0.15) is 26.2 Å². The molecule has 1 aliphatic carbocycles. The summed E-state index contributed by atoms with van der Waals surface area (Å²) in [4.78, 5) is 13.1. The fourth-order valence-electron chi connectivity index (χ4n) is 1.86. The minimum absolute atomic E-state index is 0.115. The van der Waals surface area contributed by atoms with Gasteiger partial charge in [0.15, 0.2) is 0 Å². The number of rotatable bonds is 1. The summed E-state index contributed by atoms with van der Waals surface area (Å²) in [5.41, 5.74) is 0.226. The molecular formula is C8H13NO2. The van der Waals surface area contributed by atoms with E-state index < -0.39 is 0 Å². The summed E-state index contributed by atoms with van der Waals surface area (Å²) in [5, 5.41) is 0. The lowest BCUT2D eigenvalue weighted by Crippen LogP contribution is -2.47. The maximum Gasteiger partial charge on any atom is 0.410 e. The Morgan fingerprint density at radius 2 is 2.27 bits per heavy atom. The zero-order valence-corrected chi connectivity index (χ0v) is 6.80. The molecule has 0 unspecified atom stereocenters. The predicted octanol–water partition coefficient (Wildman–Crippen LogP) is 1.38. The quantitative estimate of drug-likeness (QED) is 0.572. The molecule has 1 saturated heterocycles. The van der Waals surface area contributed by atoms with Crippen LogP contribution >= 0.6 is 0 Å². The number of hydrogen-bond donors (Lipinski definition) is 0. The molecule has 62 valence electrons. The molecule has 2 fully saturated rings. The molecule has 2 aliphatic rings. The third-order valence-electron chi connectivity index (χ3n) is 2.73. The number of carbonyl (C=O) groups is 1. The highest BCUT2D eigenvalue weighted by molar-refractivity contribution is 5.70. The van der Waals surface area contributed by atoms with E-state index in [-0.39, 0.29) is 11.6 Å². The van der Waals surface area contributed by atoms with Crippen LogP contribution in [0.3, 0.4) is 0 Å². The molecule has 1 aliphatic heterocycles. The molecule has 0 aromatic carbocycles. The smallest absolute Gasteiger partial charge is 0.410 e. The van der Waals surface area contributed by atoms with Crippen LogP contribution in [0.15, 0.2) is 0 Å². The summed E-state index contributed by atoms with van der Waals surface area (Å²) >= 11 is 0. The summed E-state index contributed by atoms with van der Waals surface area (Å²) in [5.74, 6) is 0. The Morgan fingerprint density at radius 1 is 1.55 bits per heavy atom. The molecule has 2 rings (SSSR count). The van der Waals surface area contributed by atoms with Gasteiger partial charge >= 0.3 is 6.09 Å². The third-order valence-corrected chi connectivity index (χ3v) is 2.73. The number of carbonyl (C=O) groups excluding carboxylic acids is 1. The summed E-state index contributed by atoms with van der Waals surface area (Å²) < 4.78 is 4.94. The van der Waals surface area contributed by atoms with E-state index in [9.17, 15) is 4.79 Å². The van der Waals surface area contributed by atoms with Crippen LogP contribution in [0.4, 0.5) is 4.79 Å². The molecule has 1 saturated carbocycles. The molecule has 1 heterocycles. The van der Waals surface area contributed by atoms with E-state index in [4.69, 9.17) is 4.74 Å². The van der Waals surface area contributed by atoms with Gasteiger partial charge in [0.25, 0.3) is 0 Å². The predicted molar refractivity (Wildman–Crippen MR) is 40.3 cm³/mol. The van der Waals surface area contributed by atoms with Gasteiger partial charge in [0, 0.05) is 18.5 Å². The van der Waals surface area contributed by atoms with E-state index in [2.05, 4.69) is 0 Å². The van der Waals surface area contributed by atoms with Crippen LogP contribution in [-0.2, 0) is 4.74 Å². The van der Waals surface area contributed by atoms with E-state index in [1.54, 1.807) is 0 Å². The topological polar surface area (TPSA) is 29.5 Å². The van der Waals surface area contributed by atoms with Crippen molar-refractivity contribution in [1.29, 1.82) is 0 Å². The molecule has 3 heteroatoms. The Bertz CT molecular complexity index is 187. The normalized spacial score (nSPS) is 27.0. The molecule has 1 spiro atoms. The molecule has 3 nitrogen and oxygen atoms in total. The first-order chi connectivity index (χ1) is 5.28. The van der Waals surface area contributed by atoms with Gasteiger partial charge in [0.1, 0.15) is 0 Å². The highest BCUT2D eigenvalue weighted by Gasteiger charge is 2.52. The summed E-state index contributed by atoms with van der Waals surface area (Å²) in [7, 11) is 0. The minimum Gasteiger partial charge on any atom is -0.449 e. The van der Waals surface area contributed by atoms with Crippen LogP contribution in [0.2, 0.25) is 0 Å². The fourth-order valence-corrected chi connectivity index (χ4v) is 1.86. The van der Waals surface area contributed by atoms with Gasteiger partial charge in [-0.25, -0.2) is 4.79 Å². The van der Waals surface area contributed by atoms with Gasteiger partial charge < -0.3 is 9.64 Å².